The van der Waals surface area contributed by atoms with Gasteiger partial charge >= 0.3 is 0 Å². The highest BCUT2D eigenvalue weighted by molar-refractivity contribution is 5.78. The number of nitrogens with zero attached hydrogens (tertiary/aromatic N) is 3. The van der Waals surface area contributed by atoms with E-state index >= 15 is 0 Å². The van der Waals surface area contributed by atoms with Crippen molar-refractivity contribution >= 4 is 17.0 Å². The number of para-hydroxylation sites is 1. The highest BCUT2D eigenvalue weighted by Crippen LogP contribution is 2.21. The number of halogens is 1. The minimum atomic E-state index is -0.303. The van der Waals surface area contributed by atoms with E-state index in [0.29, 0.717) is 11.5 Å². The van der Waals surface area contributed by atoms with Gasteiger partial charge in [0.15, 0.2) is 5.82 Å². The molecule has 1 aromatic carbocycles. The molecule has 0 atom stereocenters. The van der Waals surface area contributed by atoms with E-state index in [9.17, 15) is 4.39 Å². The predicted molar refractivity (Wildman–Crippen MR) is 74.4 cm³/mol. The lowest BCUT2D eigenvalue weighted by Crippen LogP contribution is -2.21. The molecule has 1 fully saturated rings. The predicted octanol–water partition coefficient (Wildman–Crippen LogP) is 2.24. The number of benzene rings is 1. The summed E-state index contributed by atoms with van der Waals surface area (Å²) in [5, 5.41) is 0. The number of anilines is 1. The average Bonchev–Trinajstić information content (AvgIpc) is 3.00. The first-order valence-corrected chi connectivity index (χ1v) is 6.88. The van der Waals surface area contributed by atoms with E-state index < -0.39 is 0 Å². The summed E-state index contributed by atoms with van der Waals surface area (Å²) in [5.41, 5.74) is 7.05. The molecule has 0 radical (unpaired) electrons. The van der Waals surface area contributed by atoms with Gasteiger partial charge in [-0.1, -0.05) is 6.07 Å². The second-order valence-electron chi connectivity index (χ2n) is 5.13. The Labute approximate surface area is 112 Å². The normalized spacial score (nSPS) is 16.5. The molecule has 2 heterocycles. The number of rotatable bonds is 4. The summed E-state index contributed by atoms with van der Waals surface area (Å²) in [6.45, 7) is 4.28. The first-order valence-electron chi connectivity index (χ1n) is 6.88. The largest absolute Gasteiger partial charge is 0.369 e. The molecule has 0 saturated carbocycles. The lowest BCUT2D eigenvalue weighted by molar-refractivity contribution is 0.326. The van der Waals surface area contributed by atoms with Crippen LogP contribution in [0.3, 0.4) is 0 Å². The van der Waals surface area contributed by atoms with Crippen molar-refractivity contribution in [3.63, 3.8) is 0 Å². The minimum Gasteiger partial charge on any atom is -0.369 e. The summed E-state index contributed by atoms with van der Waals surface area (Å²) in [6.07, 6.45) is 3.63. The molecule has 1 aromatic heterocycles. The molecule has 0 unspecified atom stereocenters. The van der Waals surface area contributed by atoms with Crippen molar-refractivity contribution < 1.29 is 4.39 Å². The Morgan fingerprint density at radius 3 is 2.79 bits per heavy atom. The first kappa shape index (κ1) is 12.4. The third kappa shape index (κ3) is 2.42. The molecule has 0 bridgehead atoms. The van der Waals surface area contributed by atoms with E-state index in [-0.39, 0.29) is 5.82 Å². The number of fused-ring (bicyclic) bond motifs is 1. The number of aryl methyl sites for hydroxylation is 1. The highest BCUT2D eigenvalue weighted by Gasteiger charge is 2.13. The van der Waals surface area contributed by atoms with Crippen LogP contribution in [0.15, 0.2) is 18.2 Å². The van der Waals surface area contributed by atoms with Crippen molar-refractivity contribution in [3.05, 3.63) is 24.0 Å². The topological polar surface area (TPSA) is 47.1 Å². The van der Waals surface area contributed by atoms with Crippen LogP contribution in [-0.2, 0) is 6.54 Å². The quantitative estimate of drug-likeness (QED) is 0.919. The third-order valence-corrected chi connectivity index (χ3v) is 3.81. The first-order chi connectivity index (χ1) is 9.25. The van der Waals surface area contributed by atoms with Gasteiger partial charge in [0.25, 0.3) is 0 Å². The zero-order valence-electron chi connectivity index (χ0n) is 11.0. The van der Waals surface area contributed by atoms with Gasteiger partial charge in [-0.3, -0.25) is 0 Å². The number of nitrogens with two attached hydrogens (primary N) is 1. The second-order valence-corrected chi connectivity index (χ2v) is 5.13. The molecule has 0 aliphatic carbocycles. The Bertz CT molecular complexity index is 572. The van der Waals surface area contributed by atoms with Gasteiger partial charge < -0.3 is 15.2 Å². The summed E-state index contributed by atoms with van der Waals surface area (Å²) in [4.78, 5) is 6.58. The van der Waals surface area contributed by atoms with Gasteiger partial charge in [-0.15, -0.1) is 0 Å². The van der Waals surface area contributed by atoms with Crippen LogP contribution in [0, 0.1) is 5.82 Å². The van der Waals surface area contributed by atoms with Crippen LogP contribution in [0.25, 0.3) is 11.0 Å². The van der Waals surface area contributed by atoms with Gasteiger partial charge in [0.05, 0.1) is 5.52 Å². The maximum absolute atomic E-state index is 13.6. The molecule has 1 aliphatic heterocycles. The molecule has 4 nitrogen and oxygen atoms in total. The smallest absolute Gasteiger partial charge is 0.201 e. The van der Waals surface area contributed by atoms with Crippen LogP contribution in [0.5, 0.6) is 0 Å². The summed E-state index contributed by atoms with van der Waals surface area (Å²) in [6, 6.07) is 5.00. The minimum absolute atomic E-state index is 0.303. The summed E-state index contributed by atoms with van der Waals surface area (Å²) >= 11 is 0. The fourth-order valence-electron chi connectivity index (χ4n) is 2.82. The van der Waals surface area contributed by atoms with Crippen molar-refractivity contribution in [3.8, 4) is 0 Å². The molecule has 2 aromatic rings. The molecule has 0 amide bonds. The van der Waals surface area contributed by atoms with E-state index in [4.69, 9.17) is 5.73 Å². The molecule has 5 heteroatoms. The number of imidazole rings is 1. The molecular formula is C14H19FN4. The van der Waals surface area contributed by atoms with Gasteiger partial charge in [-0.25, -0.2) is 9.37 Å². The summed E-state index contributed by atoms with van der Waals surface area (Å²) in [5.74, 6) is 0.101. The maximum Gasteiger partial charge on any atom is 0.201 e. The van der Waals surface area contributed by atoms with Crippen LogP contribution in [-0.4, -0.2) is 34.1 Å². The average molecular weight is 262 g/mol. The van der Waals surface area contributed by atoms with Crippen LogP contribution in [0.4, 0.5) is 10.3 Å². The molecular weight excluding hydrogens is 243 g/mol. The molecule has 0 spiro atoms. The van der Waals surface area contributed by atoms with Crippen LogP contribution in [0.1, 0.15) is 19.3 Å². The Morgan fingerprint density at radius 1 is 1.21 bits per heavy atom. The van der Waals surface area contributed by atoms with Crippen molar-refractivity contribution in [2.24, 2.45) is 0 Å². The molecule has 102 valence electrons. The van der Waals surface area contributed by atoms with Crippen LogP contribution >= 0.6 is 0 Å². The van der Waals surface area contributed by atoms with Gasteiger partial charge in [-0.2, -0.15) is 0 Å². The Kier molecular flexibility index (Phi) is 3.38. The standard InChI is InChI=1S/C14H19FN4/c15-11-5-3-6-12-13(11)17-14(16)19(12)10-4-9-18-7-1-2-8-18/h3,5-6H,1-2,4,7-10H2,(H2,16,17). The van der Waals surface area contributed by atoms with Gasteiger partial charge in [-0.05, 0) is 51.0 Å². The lowest BCUT2D eigenvalue weighted by Gasteiger charge is -2.14. The SMILES string of the molecule is Nc1nc2c(F)cccc2n1CCCN1CCCC1. The molecule has 2 N–H and O–H groups in total. The van der Waals surface area contributed by atoms with E-state index in [1.807, 2.05) is 10.6 Å². The van der Waals surface area contributed by atoms with Gasteiger partial charge in [0.2, 0.25) is 5.95 Å². The van der Waals surface area contributed by atoms with Gasteiger partial charge in [0, 0.05) is 6.54 Å². The number of hydrogen-bond donors (Lipinski definition) is 1. The Morgan fingerprint density at radius 2 is 2.00 bits per heavy atom. The number of likely N-dealkylation sites (tertiary alicyclic amines) is 1. The molecule has 1 aliphatic rings. The number of hydrogen-bond acceptors (Lipinski definition) is 3. The van der Waals surface area contributed by atoms with Crippen LogP contribution in [0.2, 0.25) is 0 Å². The van der Waals surface area contributed by atoms with Gasteiger partial charge in [0.1, 0.15) is 5.52 Å². The summed E-state index contributed by atoms with van der Waals surface area (Å²) in [7, 11) is 0. The van der Waals surface area contributed by atoms with E-state index in [1.165, 1.54) is 32.0 Å². The van der Waals surface area contributed by atoms with E-state index in [1.54, 1.807) is 6.07 Å². The lowest BCUT2D eigenvalue weighted by atomic mass is 10.3. The number of nitrogen functional groups attached to an aromatic ring is 1. The van der Waals surface area contributed by atoms with Crippen molar-refractivity contribution in [2.45, 2.75) is 25.8 Å². The Hall–Kier alpha value is -1.62. The molecule has 3 rings (SSSR count). The number of aromatic nitrogens is 2. The van der Waals surface area contributed by atoms with E-state index in [2.05, 4.69) is 9.88 Å². The summed E-state index contributed by atoms with van der Waals surface area (Å²) < 4.78 is 15.5. The zero-order valence-corrected chi connectivity index (χ0v) is 11.0. The maximum atomic E-state index is 13.6. The van der Waals surface area contributed by atoms with E-state index in [0.717, 1.165) is 25.0 Å². The fraction of sp³-hybridized carbons (Fsp3) is 0.500. The second kappa shape index (κ2) is 5.17. The highest BCUT2D eigenvalue weighted by atomic mass is 19.1. The molecule has 1 saturated heterocycles. The zero-order chi connectivity index (χ0) is 13.2. The van der Waals surface area contributed by atoms with Crippen LogP contribution < -0.4 is 5.73 Å². The fourth-order valence-corrected chi connectivity index (χ4v) is 2.82. The Balaban J connectivity index is 1.73. The molecule has 19 heavy (non-hydrogen) atoms. The third-order valence-electron chi connectivity index (χ3n) is 3.81. The van der Waals surface area contributed by atoms with Crippen molar-refractivity contribution in [1.29, 1.82) is 0 Å². The van der Waals surface area contributed by atoms with Crippen molar-refractivity contribution in [2.75, 3.05) is 25.4 Å². The monoisotopic (exact) mass is 262 g/mol. The van der Waals surface area contributed by atoms with Crippen molar-refractivity contribution in [1.82, 2.24) is 14.5 Å².